The van der Waals surface area contributed by atoms with Crippen LogP contribution in [0.4, 0.5) is 13.2 Å². The average molecular weight is 166 g/mol. The second-order valence-electron chi connectivity index (χ2n) is 2.11. The van der Waals surface area contributed by atoms with Gasteiger partial charge in [-0.3, -0.25) is 0 Å². The van der Waals surface area contributed by atoms with Crippen LogP contribution in [0.15, 0.2) is 0 Å². The van der Waals surface area contributed by atoms with Gasteiger partial charge in [0.15, 0.2) is 6.19 Å². The molecule has 0 saturated heterocycles. The highest BCUT2D eigenvalue weighted by Gasteiger charge is 2.25. The fourth-order valence-electron chi connectivity index (χ4n) is 0.595. The van der Waals surface area contributed by atoms with Crippen molar-refractivity contribution in [1.82, 2.24) is 5.32 Å². The molecule has 0 aromatic carbocycles. The van der Waals surface area contributed by atoms with Gasteiger partial charge in [-0.05, 0) is 12.8 Å². The van der Waals surface area contributed by atoms with Gasteiger partial charge in [0.1, 0.15) is 0 Å². The molecule has 0 saturated carbocycles. The summed E-state index contributed by atoms with van der Waals surface area (Å²) in [4.78, 5) is 0. The number of nitrogens with one attached hydrogen (secondary N) is 1. The number of rotatable bonds is 4. The van der Waals surface area contributed by atoms with E-state index in [-0.39, 0.29) is 6.42 Å². The molecule has 2 nitrogen and oxygen atoms in total. The highest BCUT2D eigenvalue weighted by Crippen LogP contribution is 2.21. The monoisotopic (exact) mass is 166 g/mol. The first-order valence-electron chi connectivity index (χ1n) is 3.25. The average Bonchev–Trinajstić information content (AvgIpc) is 1.85. The Labute approximate surface area is 63.0 Å². The molecular weight excluding hydrogens is 157 g/mol. The van der Waals surface area contributed by atoms with Gasteiger partial charge in [-0.15, -0.1) is 0 Å². The summed E-state index contributed by atoms with van der Waals surface area (Å²) in [6.07, 6.45) is -2.73. The van der Waals surface area contributed by atoms with Crippen molar-refractivity contribution in [2.45, 2.75) is 25.4 Å². The molecule has 0 aliphatic carbocycles. The summed E-state index contributed by atoms with van der Waals surface area (Å²) in [5.41, 5.74) is 0. The second-order valence-corrected chi connectivity index (χ2v) is 2.11. The molecule has 0 amide bonds. The Morgan fingerprint density at radius 1 is 1.27 bits per heavy atom. The smallest absolute Gasteiger partial charge is 0.324 e. The van der Waals surface area contributed by atoms with Crippen LogP contribution < -0.4 is 5.32 Å². The first kappa shape index (κ1) is 10.1. The first-order valence-corrected chi connectivity index (χ1v) is 3.25. The van der Waals surface area contributed by atoms with Gasteiger partial charge in [-0.25, -0.2) is 0 Å². The van der Waals surface area contributed by atoms with Gasteiger partial charge < -0.3 is 5.32 Å². The molecule has 5 heteroatoms. The van der Waals surface area contributed by atoms with E-state index < -0.39 is 12.6 Å². The maximum atomic E-state index is 11.5. The van der Waals surface area contributed by atoms with Crippen LogP contribution in [-0.2, 0) is 0 Å². The Bertz CT molecular complexity index is 136. The molecule has 0 fully saturated rings. The van der Waals surface area contributed by atoms with Crippen LogP contribution in [-0.4, -0.2) is 12.7 Å². The quantitative estimate of drug-likeness (QED) is 0.392. The highest BCUT2D eigenvalue weighted by molar-refractivity contribution is 4.64. The molecule has 11 heavy (non-hydrogen) atoms. The summed E-state index contributed by atoms with van der Waals surface area (Å²) >= 11 is 0. The van der Waals surface area contributed by atoms with Crippen LogP contribution >= 0.6 is 0 Å². The third kappa shape index (κ3) is 9.08. The van der Waals surface area contributed by atoms with E-state index in [0.29, 0.717) is 13.0 Å². The highest BCUT2D eigenvalue weighted by atomic mass is 19.4. The lowest BCUT2D eigenvalue weighted by atomic mass is 10.2. The van der Waals surface area contributed by atoms with Gasteiger partial charge in [0.2, 0.25) is 0 Å². The van der Waals surface area contributed by atoms with Crippen molar-refractivity contribution >= 4 is 0 Å². The standard InChI is InChI=1S/C6H9F3N2/c7-6(8,9)3-1-2-4-11-5-10/h11H,1-4H2. The SMILES string of the molecule is N#CNCCCCC(F)(F)F. The summed E-state index contributed by atoms with van der Waals surface area (Å²) < 4.78 is 34.4. The molecule has 0 bridgehead atoms. The van der Waals surface area contributed by atoms with Crippen molar-refractivity contribution in [3.05, 3.63) is 0 Å². The van der Waals surface area contributed by atoms with E-state index in [0.717, 1.165) is 0 Å². The molecule has 0 radical (unpaired) electrons. The summed E-state index contributed by atoms with van der Waals surface area (Å²) in [5.74, 6) is 0. The van der Waals surface area contributed by atoms with E-state index >= 15 is 0 Å². The van der Waals surface area contributed by atoms with Gasteiger partial charge in [-0.1, -0.05) is 0 Å². The van der Waals surface area contributed by atoms with E-state index in [1.165, 1.54) is 0 Å². The van der Waals surface area contributed by atoms with Crippen molar-refractivity contribution in [3.63, 3.8) is 0 Å². The lowest BCUT2D eigenvalue weighted by Gasteiger charge is -2.04. The third-order valence-corrected chi connectivity index (χ3v) is 1.09. The second kappa shape index (κ2) is 4.83. The van der Waals surface area contributed by atoms with Crippen molar-refractivity contribution in [3.8, 4) is 6.19 Å². The molecule has 0 heterocycles. The van der Waals surface area contributed by atoms with Gasteiger partial charge in [0.05, 0.1) is 0 Å². The van der Waals surface area contributed by atoms with Crippen molar-refractivity contribution in [1.29, 1.82) is 5.26 Å². The van der Waals surface area contributed by atoms with E-state index in [9.17, 15) is 13.2 Å². The lowest BCUT2D eigenvalue weighted by Crippen LogP contribution is -2.10. The number of nitrogens with zero attached hydrogens (tertiary/aromatic N) is 1. The molecule has 0 aliphatic rings. The molecule has 0 unspecified atom stereocenters. The molecule has 0 aliphatic heterocycles. The van der Waals surface area contributed by atoms with Crippen LogP contribution in [0.5, 0.6) is 0 Å². The van der Waals surface area contributed by atoms with Crippen LogP contribution in [0.25, 0.3) is 0 Å². The fraction of sp³-hybridized carbons (Fsp3) is 0.833. The van der Waals surface area contributed by atoms with Crippen LogP contribution in [0, 0.1) is 11.5 Å². The van der Waals surface area contributed by atoms with E-state index in [2.05, 4.69) is 5.32 Å². The molecule has 0 atom stereocenters. The van der Waals surface area contributed by atoms with Crippen molar-refractivity contribution in [2.24, 2.45) is 0 Å². The summed E-state index contributed by atoms with van der Waals surface area (Å²) in [5, 5.41) is 10.2. The minimum absolute atomic E-state index is 0.0815. The van der Waals surface area contributed by atoms with Crippen molar-refractivity contribution in [2.75, 3.05) is 6.54 Å². The summed E-state index contributed by atoms with van der Waals surface area (Å²) in [6.45, 7) is 0.326. The first-order chi connectivity index (χ1) is 5.06. The van der Waals surface area contributed by atoms with Crippen LogP contribution in [0.3, 0.4) is 0 Å². The Balaban J connectivity index is 3.10. The Morgan fingerprint density at radius 3 is 2.36 bits per heavy atom. The molecule has 0 spiro atoms. The topological polar surface area (TPSA) is 35.8 Å². The number of hydrogen-bond donors (Lipinski definition) is 1. The zero-order chi connectivity index (χ0) is 8.74. The van der Waals surface area contributed by atoms with Gasteiger partial charge in [0, 0.05) is 13.0 Å². The van der Waals surface area contributed by atoms with Crippen molar-refractivity contribution < 1.29 is 13.2 Å². The van der Waals surface area contributed by atoms with E-state index in [1.807, 2.05) is 0 Å². The fourth-order valence-corrected chi connectivity index (χ4v) is 0.595. The number of halogens is 3. The van der Waals surface area contributed by atoms with Gasteiger partial charge in [-0.2, -0.15) is 18.4 Å². The lowest BCUT2D eigenvalue weighted by molar-refractivity contribution is -0.135. The maximum absolute atomic E-state index is 11.5. The third-order valence-electron chi connectivity index (χ3n) is 1.09. The number of alkyl halides is 3. The zero-order valence-corrected chi connectivity index (χ0v) is 5.91. The number of hydrogen-bond acceptors (Lipinski definition) is 2. The van der Waals surface area contributed by atoms with Gasteiger partial charge in [0.25, 0.3) is 0 Å². The molecule has 0 aromatic heterocycles. The largest absolute Gasteiger partial charge is 0.389 e. The Hall–Kier alpha value is -0.920. The Morgan fingerprint density at radius 2 is 1.91 bits per heavy atom. The summed E-state index contributed by atoms with van der Waals surface area (Å²) in [7, 11) is 0. The minimum atomic E-state index is -4.06. The molecule has 1 N–H and O–H groups in total. The minimum Gasteiger partial charge on any atom is -0.324 e. The molecule has 0 rings (SSSR count). The van der Waals surface area contributed by atoms with Crippen LogP contribution in [0.1, 0.15) is 19.3 Å². The number of nitriles is 1. The predicted octanol–water partition coefficient (Wildman–Crippen LogP) is 1.79. The van der Waals surface area contributed by atoms with Gasteiger partial charge >= 0.3 is 6.18 Å². The number of unbranched alkanes of at least 4 members (excludes halogenated alkanes) is 1. The maximum Gasteiger partial charge on any atom is 0.389 e. The van der Waals surface area contributed by atoms with E-state index in [1.54, 1.807) is 6.19 Å². The van der Waals surface area contributed by atoms with Crippen LogP contribution in [0.2, 0.25) is 0 Å². The molecule has 0 aromatic rings. The predicted molar refractivity (Wildman–Crippen MR) is 33.5 cm³/mol. The normalized spacial score (nSPS) is 10.7. The van der Waals surface area contributed by atoms with E-state index in [4.69, 9.17) is 5.26 Å². The molecule has 64 valence electrons. The summed E-state index contributed by atoms with van der Waals surface area (Å²) in [6, 6.07) is 0. The Kier molecular flexibility index (Phi) is 4.42. The molecular formula is C6H9F3N2. The zero-order valence-electron chi connectivity index (χ0n) is 5.91.